The number of aliphatic carboxylic acids is 1. The molecule has 21 heavy (non-hydrogen) atoms. The first-order chi connectivity index (χ1) is 9.69. The van der Waals surface area contributed by atoms with E-state index >= 15 is 0 Å². The Morgan fingerprint density at radius 2 is 2.05 bits per heavy atom. The van der Waals surface area contributed by atoms with Gasteiger partial charge in [-0.25, -0.2) is 17.5 Å². The summed E-state index contributed by atoms with van der Waals surface area (Å²) in [7, 11) is -4.04. The molecule has 1 aromatic carbocycles. The number of carbonyl (C=O) groups is 1. The molecular weight excluding hydrogens is 344 g/mol. The minimum atomic E-state index is -4.04. The summed E-state index contributed by atoms with van der Waals surface area (Å²) >= 11 is 11.1. The van der Waals surface area contributed by atoms with E-state index < -0.39 is 31.7 Å². The second-order valence-electron chi connectivity index (χ2n) is 4.40. The topological polar surface area (TPSA) is 83.5 Å². The largest absolute Gasteiger partial charge is 0.481 e. The Bertz CT molecular complexity index is 636. The van der Waals surface area contributed by atoms with E-state index in [1.54, 1.807) is 6.92 Å². The van der Waals surface area contributed by atoms with Crippen LogP contribution in [0.5, 0.6) is 0 Å². The van der Waals surface area contributed by atoms with Crippen molar-refractivity contribution in [2.75, 3.05) is 6.54 Å². The fourth-order valence-corrected chi connectivity index (χ4v) is 3.49. The first-order valence-corrected chi connectivity index (χ1v) is 8.27. The van der Waals surface area contributed by atoms with E-state index in [0.717, 1.165) is 12.1 Å². The summed E-state index contributed by atoms with van der Waals surface area (Å²) in [6.07, 6.45) is 0.319. The van der Waals surface area contributed by atoms with Crippen LogP contribution in [0.2, 0.25) is 10.0 Å². The molecule has 2 N–H and O–H groups in total. The number of rotatable bonds is 7. The molecule has 118 valence electrons. The van der Waals surface area contributed by atoms with E-state index in [4.69, 9.17) is 28.3 Å². The van der Waals surface area contributed by atoms with Crippen LogP contribution in [0, 0.1) is 11.7 Å². The second-order valence-corrected chi connectivity index (χ2v) is 6.92. The lowest BCUT2D eigenvalue weighted by atomic mass is 10.0. The first kappa shape index (κ1) is 18.2. The van der Waals surface area contributed by atoms with Gasteiger partial charge < -0.3 is 5.11 Å². The standard InChI is InChI=1S/C12H14Cl2FNO4S/c1-2-7(5-10(17)18)6-16-21(19,20)9-4-3-8(13)12(15)11(9)14/h3-4,7,16H,2,5-6H2,1H3,(H,17,18). The molecule has 9 heteroatoms. The summed E-state index contributed by atoms with van der Waals surface area (Å²) in [5, 5.41) is 7.83. The summed E-state index contributed by atoms with van der Waals surface area (Å²) in [4.78, 5) is 10.2. The van der Waals surface area contributed by atoms with Crippen LogP contribution in [0.25, 0.3) is 0 Å². The SMILES string of the molecule is CCC(CNS(=O)(=O)c1ccc(Cl)c(F)c1Cl)CC(=O)O. The minimum absolute atomic E-state index is 0.0777. The summed E-state index contributed by atoms with van der Waals surface area (Å²) in [5.41, 5.74) is 0. The monoisotopic (exact) mass is 357 g/mol. The van der Waals surface area contributed by atoms with Crippen molar-refractivity contribution < 1.29 is 22.7 Å². The average molecular weight is 358 g/mol. The Morgan fingerprint density at radius 1 is 1.43 bits per heavy atom. The lowest BCUT2D eigenvalue weighted by Gasteiger charge is -2.14. The third kappa shape index (κ3) is 4.81. The predicted octanol–water partition coefficient (Wildman–Crippen LogP) is 2.91. The normalized spacial score (nSPS) is 13.1. The number of hydrogen-bond donors (Lipinski definition) is 2. The number of carboxylic acid groups (broad SMARTS) is 1. The highest BCUT2D eigenvalue weighted by atomic mass is 35.5. The molecule has 0 spiro atoms. The Morgan fingerprint density at radius 3 is 2.57 bits per heavy atom. The third-order valence-corrected chi connectivity index (χ3v) is 5.13. The van der Waals surface area contributed by atoms with Gasteiger partial charge in [-0.15, -0.1) is 0 Å². The molecule has 1 aromatic rings. The average Bonchev–Trinajstić information content (AvgIpc) is 2.40. The summed E-state index contributed by atoms with van der Waals surface area (Å²) in [6, 6.07) is 2.18. The van der Waals surface area contributed by atoms with Gasteiger partial charge in [0.05, 0.1) is 10.0 Å². The van der Waals surface area contributed by atoms with Crippen molar-refractivity contribution in [2.45, 2.75) is 24.7 Å². The van der Waals surface area contributed by atoms with Gasteiger partial charge in [0.25, 0.3) is 0 Å². The molecular formula is C12H14Cl2FNO4S. The van der Waals surface area contributed by atoms with Crippen molar-refractivity contribution in [3.05, 3.63) is 28.0 Å². The Hall–Kier alpha value is -0.890. The number of nitrogens with one attached hydrogen (secondary N) is 1. The third-order valence-electron chi connectivity index (χ3n) is 2.89. The molecule has 0 saturated carbocycles. The van der Waals surface area contributed by atoms with Gasteiger partial charge >= 0.3 is 5.97 Å². The molecule has 0 radical (unpaired) electrons. The van der Waals surface area contributed by atoms with Crippen LogP contribution in [-0.2, 0) is 14.8 Å². The minimum Gasteiger partial charge on any atom is -0.481 e. The highest BCUT2D eigenvalue weighted by Crippen LogP contribution is 2.29. The highest BCUT2D eigenvalue weighted by Gasteiger charge is 2.23. The zero-order chi connectivity index (χ0) is 16.2. The van der Waals surface area contributed by atoms with Gasteiger partial charge in [-0.05, 0) is 18.1 Å². The summed E-state index contributed by atoms with van der Waals surface area (Å²) < 4.78 is 39.9. The summed E-state index contributed by atoms with van der Waals surface area (Å²) in [5.74, 6) is -2.40. The number of sulfonamides is 1. The lowest BCUT2D eigenvalue weighted by Crippen LogP contribution is -2.30. The van der Waals surface area contributed by atoms with Gasteiger partial charge in [0.2, 0.25) is 10.0 Å². The van der Waals surface area contributed by atoms with Gasteiger partial charge in [-0.2, -0.15) is 0 Å². The molecule has 0 amide bonds. The van der Waals surface area contributed by atoms with Crippen molar-refractivity contribution in [3.8, 4) is 0 Å². The van der Waals surface area contributed by atoms with E-state index in [-0.39, 0.29) is 23.9 Å². The maximum atomic E-state index is 13.5. The molecule has 1 rings (SSSR count). The van der Waals surface area contributed by atoms with Crippen molar-refractivity contribution in [1.29, 1.82) is 0 Å². The van der Waals surface area contributed by atoms with E-state index in [9.17, 15) is 17.6 Å². The van der Waals surface area contributed by atoms with Gasteiger partial charge in [0, 0.05) is 13.0 Å². The van der Waals surface area contributed by atoms with Gasteiger partial charge in [0.15, 0.2) is 5.82 Å². The highest BCUT2D eigenvalue weighted by molar-refractivity contribution is 7.89. The van der Waals surface area contributed by atoms with Crippen molar-refractivity contribution in [1.82, 2.24) is 4.72 Å². The summed E-state index contributed by atoms with van der Waals surface area (Å²) in [6.45, 7) is 1.67. The van der Waals surface area contributed by atoms with E-state index in [1.165, 1.54) is 0 Å². The fourth-order valence-electron chi connectivity index (χ4n) is 1.63. The van der Waals surface area contributed by atoms with Gasteiger partial charge in [-0.3, -0.25) is 4.79 Å². The van der Waals surface area contributed by atoms with Gasteiger partial charge in [0.1, 0.15) is 4.90 Å². The van der Waals surface area contributed by atoms with Gasteiger partial charge in [-0.1, -0.05) is 36.5 Å². The maximum Gasteiger partial charge on any atom is 0.303 e. The molecule has 0 saturated heterocycles. The van der Waals surface area contributed by atoms with Crippen molar-refractivity contribution in [3.63, 3.8) is 0 Å². The number of hydrogen-bond acceptors (Lipinski definition) is 3. The Kier molecular flexibility index (Phi) is 6.40. The van der Waals surface area contributed by atoms with Crippen LogP contribution in [0.1, 0.15) is 19.8 Å². The van der Waals surface area contributed by atoms with Crippen LogP contribution in [-0.4, -0.2) is 26.0 Å². The lowest BCUT2D eigenvalue weighted by molar-refractivity contribution is -0.138. The van der Waals surface area contributed by atoms with Crippen LogP contribution >= 0.6 is 23.2 Å². The second kappa shape index (κ2) is 7.40. The molecule has 0 aromatic heterocycles. The van der Waals surface area contributed by atoms with Crippen LogP contribution < -0.4 is 4.72 Å². The zero-order valence-corrected chi connectivity index (χ0v) is 13.4. The molecule has 0 fully saturated rings. The van der Waals surface area contributed by atoms with E-state index in [1.807, 2.05) is 0 Å². The number of benzene rings is 1. The van der Waals surface area contributed by atoms with Crippen LogP contribution in [0.15, 0.2) is 17.0 Å². The molecule has 0 aliphatic rings. The fraction of sp³-hybridized carbons (Fsp3) is 0.417. The quantitative estimate of drug-likeness (QED) is 0.734. The van der Waals surface area contributed by atoms with E-state index in [2.05, 4.69) is 4.72 Å². The maximum absolute atomic E-state index is 13.5. The molecule has 0 aliphatic carbocycles. The Balaban J connectivity index is 2.92. The number of carboxylic acids is 1. The van der Waals surface area contributed by atoms with Crippen LogP contribution in [0.4, 0.5) is 4.39 Å². The molecule has 5 nitrogen and oxygen atoms in total. The Labute approximate surface area is 132 Å². The predicted molar refractivity (Wildman–Crippen MR) is 77.6 cm³/mol. The van der Waals surface area contributed by atoms with Crippen molar-refractivity contribution >= 4 is 39.2 Å². The molecule has 0 aliphatic heterocycles. The number of halogens is 3. The molecule has 0 heterocycles. The zero-order valence-electron chi connectivity index (χ0n) is 11.1. The smallest absolute Gasteiger partial charge is 0.303 e. The van der Waals surface area contributed by atoms with Crippen molar-refractivity contribution in [2.24, 2.45) is 5.92 Å². The van der Waals surface area contributed by atoms with Crippen LogP contribution in [0.3, 0.4) is 0 Å². The molecule has 0 bridgehead atoms. The molecule has 1 unspecified atom stereocenters. The van der Waals surface area contributed by atoms with E-state index in [0.29, 0.717) is 6.42 Å². The molecule has 1 atom stereocenters. The first-order valence-electron chi connectivity index (χ1n) is 6.04.